The molecule has 1 aromatic carbocycles. The standard InChI is InChI=1S/C13H18N2O4/c1-13(2,3)19-12(17)15-14-8-9-6-5-7-10(18-4)11(9)16/h5-8,16H,1-4H3,(H,15,17). The number of carbonyl (C=O) groups is 1. The van der Waals surface area contributed by atoms with Crippen molar-refractivity contribution < 1.29 is 19.4 Å². The summed E-state index contributed by atoms with van der Waals surface area (Å²) in [7, 11) is 1.45. The summed E-state index contributed by atoms with van der Waals surface area (Å²) in [6.45, 7) is 5.26. The normalized spacial score (nSPS) is 11.4. The van der Waals surface area contributed by atoms with Crippen molar-refractivity contribution in [3.8, 4) is 11.5 Å². The van der Waals surface area contributed by atoms with E-state index in [9.17, 15) is 9.90 Å². The predicted molar refractivity (Wildman–Crippen MR) is 71.6 cm³/mol. The van der Waals surface area contributed by atoms with E-state index < -0.39 is 11.7 Å². The van der Waals surface area contributed by atoms with Crippen LogP contribution in [0.3, 0.4) is 0 Å². The average Bonchev–Trinajstić information content (AvgIpc) is 2.29. The Bertz CT molecular complexity index is 478. The number of phenols is 1. The molecule has 1 aromatic rings. The second-order valence-corrected chi connectivity index (χ2v) is 4.77. The number of rotatable bonds is 3. The molecule has 0 atom stereocenters. The second-order valence-electron chi connectivity index (χ2n) is 4.77. The summed E-state index contributed by atoms with van der Waals surface area (Å²) in [5.41, 5.74) is 2.05. The van der Waals surface area contributed by atoms with E-state index >= 15 is 0 Å². The highest BCUT2D eigenvalue weighted by Gasteiger charge is 2.15. The molecule has 0 aromatic heterocycles. The zero-order valence-electron chi connectivity index (χ0n) is 11.4. The molecule has 0 saturated carbocycles. The fourth-order valence-corrected chi connectivity index (χ4v) is 1.26. The maximum absolute atomic E-state index is 11.3. The maximum atomic E-state index is 11.3. The van der Waals surface area contributed by atoms with Crippen molar-refractivity contribution >= 4 is 12.3 Å². The number of phenolic OH excluding ortho intramolecular Hbond substituents is 1. The number of aromatic hydroxyl groups is 1. The van der Waals surface area contributed by atoms with Gasteiger partial charge in [-0.2, -0.15) is 5.10 Å². The quantitative estimate of drug-likeness (QED) is 0.649. The van der Waals surface area contributed by atoms with Crippen molar-refractivity contribution in [1.82, 2.24) is 5.43 Å². The number of hydrogen-bond acceptors (Lipinski definition) is 5. The molecule has 0 spiro atoms. The van der Waals surface area contributed by atoms with Gasteiger partial charge in [0.25, 0.3) is 0 Å². The van der Waals surface area contributed by atoms with Crippen molar-refractivity contribution in [2.75, 3.05) is 7.11 Å². The highest BCUT2D eigenvalue weighted by atomic mass is 16.6. The smallest absolute Gasteiger partial charge is 0.428 e. The number of methoxy groups -OCH3 is 1. The van der Waals surface area contributed by atoms with Crippen LogP contribution in [0, 0.1) is 0 Å². The summed E-state index contributed by atoms with van der Waals surface area (Å²) in [4.78, 5) is 11.3. The molecule has 0 aliphatic heterocycles. The van der Waals surface area contributed by atoms with Gasteiger partial charge in [-0.3, -0.25) is 0 Å². The van der Waals surface area contributed by atoms with Gasteiger partial charge in [0.05, 0.1) is 13.3 Å². The van der Waals surface area contributed by atoms with Gasteiger partial charge < -0.3 is 14.6 Å². The Labute approximate surface area is 112 Å². The van der Waals surface area contributed by atoms with Gasteiger partial charge in [-0.15, -0.1) is 0 Å². The Balaban J connectivity index is 2.65. The fourth-order valence-electron chi connectivity index (χ4n) is 1.26. The van der Waals surface area contributed by atoms with Crippen LogP contribution in [0.4, 0.5) is 4.79 Å². The van der Waals surface area contributed by atoms with Crippen LogP contribution in [-0.4, -0.2) is 30.1 Å². The molecule has 1 rings (SSSR count). The Hall–Kier alpha value is -2.24. The molecule has 19 heavy (non-hydrogen) atoms. The molecule has 1 amide bonds. The Morgan fingerprint density at radius 1 is 1.42 bits per heavy atom. The van der Waals surface area contributed by atoms with Gasteiger partial charge in [-0.05, 0) is 32.9 Å². The van der Waals surface area contributed by atoms with Gasteiger partial charge in [-0.1, -0.05) is 6.07 Å². The Morgan fingerprint density at radius 3 is 2.68 bits per heavy atom. The Kier molecular flexibility index (Phi) is 4.74. The van der Waals surface area contributed by atoms with Gasteiger partial charge in [0, 0.05) is 5.56 Å². The van der Waals surface area contributed by atoms with E-state index in [2.05, 4.69) is 10.5 Å². The lowest BCUT2D eigenvalue weighted by atomic mass is 10.2. The van der Waals surface area contributed by atoms with Gasteiger partial charge in [0.1, 0.15) is 5.60 Å². The highest BCUT2D eigenvalue weighted by Crippen LogP contribution is 2.27. The van der Waals surface area contributed by atoms with Gasteiger partial charge >= 0.3 is 6.09 Å². The first-order valence-corrected chi connectivity index (χ1v) is 5.71. The third-order valence-electron chi connectivity index (χ3n) is 2.01. The molecular formula is C13H18N2O4. The summed E-state index contributed by atoms with van der Waals surface area (Å²) >= 11 is 0. The lowest BCUT2D eigenvalue weighted by molar-refractivity contribution is 0.0529. The third-order valence-corrected chi connectivity index (χ3v) is 2.01. The highest BCUT2D eigenvalue weighted by molar-refractivity contribution is 5.85. The molecule has 0 saturated heterocycles. The summed E-state index contributed by atoms with van der Waals surface area (Å²) < 4.78 is 9.96. The van der Waals surface area contributed by atoms with E-state index in [0.29, 0.717) is 11.3 Å². The zero-order chi connectivity index (χ0) is 14.5. The van der Waals surface area contributed by atoms with Crippen LogP contribution in [0.2, 0.25) is 0 Å². The fraction of sp³-hybridized carbons (Fsp3) is 0.385. The number of hydrazone groups is 1. The van der Waals surface area contributed by atoms with Crippen LogP contribution in [0.1, 0.15) is 26.3 Å². The van der Waals surface area contributed by atoms with Crippen LogP contribution in [-0.2, 0) is 4.74 Å². The first-order valence-electron chi connectivity index (χ1n) is 5.71. The lowest BCUT2D eigenvalue weighted by Crippen LogP contribution is -2.29. The van der Waals surface area contributed by atoms with E-state index in [4.69, 9.17) is 9.47 Å². The minimum absolute atomic E-state index is 0.0419. The molecule has 6 nitrogen and oxygen atoms in total. The number of amides is 1. The maximum Gasteiger partial charge on any atom is 0.428 e. The zero-order valence-corrected chi connectivity index (χ0v) is 11.4. The molecule has 0 unspecified atom stereocenters. The largest absolute Gasteiger partial charge is 0.504 e. The molecule has 0 aliphatic carbocycles. The molecule has 0 aliphatic rings. The first-order chi connectivity index (χ1) is 8.83. The summed E-state index contributed by atoms with van der Waals surface area (Å²) in [5.74, 6) is 0.293. The number of nitrogens with one attached hydrogen (secondary N) is 1. The van der Waals surface area contributed by atoms with E-state index in [1.165, 1.54) is 13.3 Å². The number of ether oxygens (including phenoxy) is 2. The van der Waals surface area contributed by atoms with Gasteiger partial charge in [-0.25, -0.2) is 10.2 Å². The SMILES string of the molecule is COc1cccc(C=NNC(=O)OC(C)(C)C)c1O. The summed E-state index contributed by atoms with van der Waals surface area (Å²) in [6, 6.07) is 4.96. The molecule has 6 heteroatoms. The van der Waals surface area contributed by atoms with E-state index in [-0.39, 0.29) is 5.75 Å². The van der Waals surface area contributed by atoms with E-state index in [1.807, 2.05) is 0 Å². The van der Waals surface area contributed by atoms with Crippen molar-refractivity contribution in [2.24, 2.45) is 5.10 Å². The minimum atomic E-state index is -0.661. The van der Waals surface area contributed by atoms with Gasteiger partial charge in [0.2, 0.25) is 0 Å². The molecule has 0 radical (unpaired) electrons. The number of nitrogens with zero attached hydrogens (tertiary/aromatic N) is 1. The van der Waals surface area contributed by atoms with Crippen molar-refractivity contribution in [2.45, 2.75) is 26.4 Å². The average molecular weight is 266 g/mol. The van der Waals surface area contributed by atoms with Crippen LogP contribution in [0.5, 0.6) is 11.5 Å². The predicted octanol–water partition coefficient (Wildman–Crippen LogP) is 2.26. The van der Waals surface area contributed by atoms with Crippen LogP contribution in [0.15, 0.2) is 23.3 Å². The number of para-hydroxylation sites is 1. The van der Waals surface area contributed by atoms with E-state index in [0.717, 1.165) is 0 Å². The molecule has 2 N–H and O–H groups in total. The second kappa shape index (κ2) is 6.08. The van der Waals surface area contributed by atoms with Crippen LogP contribution in [0.25, 0.3) is 0 Å². The summed E-state index contributed by atoms with van der Waals surface area (Å²) in [6.07, 6.45) is 0.646. The molecule has 0 heterocycles. The molecular weight excluding hydrogens is 248 g/mol. The van der Waals surface area contributed by atoms with Crippen LogP contribution < -0.4 is 10.2 Å². The van der Waals surface area contributed by atoms with Crippen molar-refractivity contribution in [3.63, 3.8) is 0 Å². The van der Waals surface area contributed by atoms with Crippen molar-refractivity contribution in [3.05, 3.63) is 23.8 Å². The van der Waals surface area contributed by atoms with E-state index in [1.54, 1.807) is 39.0 Å². The number of hydrogen-bond donors (Lipinski definition) is 2. The van der Waals surface area contributed by atoms with Crippen LogP contribution >= 0.6 is 0 Å². The minimum Gasteiger partial charge on any atom is -0.504 e. The summed E-state index contributed by atoms with van der Waals surface area (Å²) in [5, 5.41) is 13.5. The lowest BCUT2D eigenvalue weighted by Gasteiger charge is -2.18. The molecule has 0 bridgehead atoms. The monoisotopic (exact) mass is 266 g/mol. The Morgan fingerprint density at radius 2 is 2.11 bits per heavy atom. The molecule has 104 valence electrons. The van der Waals surface area contributed by atoms with Crippen molar-refractivity contribution in [1.29, 1.82) is 0 Å². The first kappa shape index (κ1) is 14.8. The topological polar surface area (TPSA) is 80.2 Å². The van der Waals surface area contributed by atoms with Gasteiger partial charge in [0.15, 0.2) is 11.5 Å². The number of carbonyl (C=O) groups excluding carboxylic acids is 1. The third kappa shape index (κ3) is 4.87. The molecule has 0 fully saturated rings. The number of benzene rings is 1.